The molecule has 0 saturated carbocycles. The van der Waals surface area contributed by atoms with Crippen molar-refractivity contribution in [1.29, 1.82) is 0 Å². The molecule has 2 rings (SSSR count). The molecule has 0 aromatic heterocycles. The van der Waals surface area contributed by atoms with E-state index in [1.54, 1.807) is 0 Å². The summed E-state index contributed by atoms with van der Waals surface area (Å²) in [5.41, 5.74) is 0.777. The molecule has 0 fully saturated rings. The third kappa shape index (κ3) is 2.56. The van der Waals surface area contributed by atoms with Gasteiger partial charge in [-0.3, -0.25) is 4.79 Å². The van der Waals surface area contributed by atoms with Gasteiger partial charge in [0.15, 0.2) is 0 Å². The normalized spacial score (nSPS) is 23.1. The van der Waals surface area contributed by atoms with Crippen molar-refractivity contribution >= 4 is 23.4 Å². The number of rotatable bonds is 4. The van der Waals surface area contributed by atoms with E-state index in [1.807, 2.05) is 30.0 Å². The molecule has 1 atom stereocenters. The van der Waals surface area contributed by atoms with Crippen LogP contribution in [0, 0.1) is 5.41 Å². The van der Waals surface area contributed by atoms with Crippen molar-refractivity contribution in [3.63, 3.8) is 0 Å². The van der Waals surface area contributed by atoms with Gasteiger partial charge < -0.3 is 5.32 Å². The van der Waals surface area contributed by atoms with Crippen LogP contribution < -0.4 is 5.32 Å². The van der Waals surface area contributed by atoms with E-state index >= 15 is 0 Å². The number of hydrogen-bond donors (Lipinski definition) is 1. The molecule has 1 unspecified atom stereocenters. The van der Waals surface area contributed by atoms with E-state index < -0.39 is 0 Å². The number of unbranched alkanes of at least 4 members (excludes halogenated alkanes) is 1. The number of para-hydroxylation sites is 1. The maximum Gasteiger partial charge on any atom is 0.231 e. The molecule has 0 spiro atoms. The molecule has 2 nitrogen and oxygen atoms in total. The molecule has 18 heavy (non-hydrogen) atoms. The second-order valence-corrected chi connectivity index (χ2v) is 5.99. The van der Waals surface area contributed by atoms with Crippen molar-refractivity contribution in [2.24, 2.45) is 5.41 Å². The van der Waals surface area contributed by atoms with E-state index in [2.05, 4.69) is 25.2 Å². The number of fused-ring (bicyclic) bond motifs is 1. The van der Waals surface area contributed by atoms with Gasteiger partial charge in [-0.25, -0.2) is 0 Å². The Morgan fingerprint density at radius 2 is 2.11 bits per heavy atom. The fraction of sp³-hybridized carbons (Fsp3) is 0.533. The van der Waals surface area contributed by atoms with Crippen LogP contribution in [-0.4, -0.2) is 11.7 Å². The van der Waals surface area contributed by atoms with Gasteiger partial charge >= 0.3 is 0 Å². The summed E-state index contributed by atoms with van der Waals surface area (Å²) < 4.78 is 0. The van der Waals surface area contributed by atoms with Crippen LogP contribution >= 0.6 is 11.8 Å². The average Bonchev–Trinajstić information content (AvgIpc) is 2.54. The number of hydrogen-bond acceptors (Lipinski definition) is 2. The molecule has 1 heterocycles. The molecule has 3 heteroatoms. The van der Waals surface area contributed by atoms with Crippen LogP contribution in [0.3, 0.4) is 0 Å². The second-order valence-electron chi connectivity index (χ2n) is 4.98. The maximum atomic E-state index is 12.5. The van der Waals surface area contributed by atoms with Gasteiger partial charge in [-0.15, -0.1) is 11.8 Å². The molecule has 0 saturated heterocycles. The van der Waals surface area contributed by atoms with Crippen LogP contribution in [0.5, 0.6) is 0 Å². The number of nitrogens with one attached hydrogen (secondary N) is 1. The zero-order chi connectivity index (χ0) is 13.0. The third-order valence-corrected chi connectivity index (χ3v) is 5.17. The van der Waals surface area contributed by atoms with E-state index in [1.165, 1.54) is 4.90 Å². The van der Waals surface area contributed by atoms with Crippen molar-refractivity contribution in [3.05, 3.63) is 24.3 Å². The molecular formula is C15H21NOS. The Balaban J connectivity index is 2.24. The highest BCUT2D eigenvalue weighted by molar-refractivity contribution is 7.99. The number of benzene rings is 1. The van der Waals surface area contributed by atoms with Crippen LogP contribution in [0.15, 0.2) is 29.2 Å². The predicted octanol–water partition coefficient (Wildman–Crippen LogP) is 4.32. The first-order valence-corrected chi connectivity index (χ1v) is 7.73. The largest absolute Gasteiger partial charge is 0.325 e. The van der Waals surface area contributed by atoms with Crippen LogP contribution in [0.1, 0.15) is 39.5 Å². The molecule has 1 amide bonds. The Hall–Kier alpha value is -0.960. The maximum absolute atomic E-state index is 12.5. The number of carbonyl (C=O) groups excluding carboxylic acids is 1. The third-order valence-electron chi connectivity index (χ3n) is 3.81. The smallest absolute Gasteiger partial charge is 0.231 e. The lowest BCUT2D eigenvalue weighted by Crippen LogP contribution is -2.37. The SMILES string of the molecule is CCCCC1(CC)CSc2ccccc2NC1=O. The molecule has 1 aliphatic rings. The summed E-state index contributed by atoms with van der Waals surface area (Å²) in [5, 5.41) is 3.11. The van der Waals surface area contributed by atoms with Crippen LogP contribution in [-0.2, 0) is 4.79 Å². The van der Waals surface area contributed by atoms with Gasteiger partial charge in [0.05, 0.1) is 11.1 Å². The summed E-state index contributed by atoms with van der Waals surface area (Å²) in [5.74, 6) is 1.10. The molecule has 1 aromatic rings. The average molecular weight is 263 g/mol. The van der Waals surface area contributed by atoms with Gasteiger partial charge in [-0.05, 0) is 25.0 Å². The highest BCUT2D eigenvalue weighted by Gasteiger charge is 2.38. The monoisotopic (exact) mass is 263 g/mol. The Bertz CT molecular complexity index is 432. The number of amides is 1. The first kappa shape index (κ1) is 13.5. The molecule has 98 valence electrons. The van der Waals surface area contributed by atoms with Crippen LogP contribution in [0.4, 0.5) is 5.69 Å². The first-order valence-electron chi connectivity index (χ1n) is 6.75. The second kappa shape index (κ2) is 5.79. The van der Waals surface area contributed by atoms with Gasteiger partial charge in [0.1, 0.15) is 0 Å². The summed E-state index contributed by atoms with van der Waals surface area (Å²) in [6.45, 7) is 4.31. The molecule has 1 aromatic carbocycles. The van der Waals surface area contributed by atoms with Crippen molar-refractivity contribution in [1.82, 2.24) is 0 Å². The highest BCUT2D eigenvalue weighted by atomic mass is 32.2. The minimum atomic E-state index is -0.195. The molecule has 0 aliphatic carbocycles. The van der Waals surface area contributed by atoms with Gasteiger partial charge in [0.25, 0.3) is 0 Å². The lowest BCUT2D eigenvalue weighted by atomic mass is 9.81. The topological polar surface area (TPSA) is 29.1 Å². The fourth-order valence-electron chi connectivity index (χ4n) is 2.37. The number of anilines is 1. The fourth-order valence-corrected chi connectivity index (χ4v) is 3.73. The molecule has 1 aliphatic heterocycles. The summed E-state index contributed by atoms with van der Waals surface area (Å²) in [4.78, 5) is 13.7. The van der Waals surface area contributed by atoms with Gasteiger partial charge in [-0.1, -0.05) is 38.8 Å². The van der Waals surface area contributed by atoms with E-state index in [-0.39, 0.29) is 11.3 Å². The van der Waals surface area contributed by atoms with E-state index in [4.69, 9.17) is 0 Å². The van der Waals surface area contributed by atoms with Crippen molar-refractivity contribution < 1.29 is 4.79 Å². The lowest BCUT2D eigenvalue weighted by Gasteiger charge is -2.28. The summed E-state index contributed by atoms with van der Waals surface area (Å²) in [7, 11) is 0. The standard InChI is InChI=1S/C15H21NOS/c1-3-5-10-15(4-2)11-18-13-9-7-6-8-12(13)16-14(15)17/h6-9H,3-5,10-11H2,1-2H3,(H,16,17). The van der Waals surface area contributed by atoms with E-state index in [0.717, 1.165) is 37.1 Å². The lowest BCUT2D eigenvalue weighted by molar-refractivity contribution is -0.125. The van der Waals surface area contributed by atoms with Crippen LogP contribution in [0.25, 0.3) is 0 Å². The number of thioether (sulfide) groups is 1. The van der Waals surface area contributed by atoms with E-state index in [0.29, 0.717) is 0 Å². The van der Waals surface area contributed by atoms with Crippen LogP contribution in [0.2, 0.25) is 0 Å². The van der Waals surface area contributed by atoms with Crippen molar-refractivity contribution in [2.75, 3.05) is 11.1 Å². The van der Waals surface area contributed by atoms with Gasteiger partial charge in [0, 0.05) is 10.6 Å². The highest BCUT2D eigenvalue weighted by Crippen LogP contribution is 2.41. The van der Waals surface area contributed by atoms with Crippen molar-refractivity contribution in [2.45, 2.75) is 44.4 Å². The molecule has 1 N–H and O–H groups in total. The Labute approximate surface area is 114 Å². The minimum absolute atomic E-state index is 0.195. The van der Waals surface area contributed by atoms with Gasteiger partial charge in [-0.2, -0.15) is 0 Å². The van der Waals surface area contributed by atoms with E-state index in [9.17, 15) is 4.79 Å². The Morgan fingerprint density at radius 1 is 1.33 bits per heavy atom. The molecule has 0 radical (unpaired) electrons. The first-order chi connectivity index (χ1) is 8.72. The Morgan fingerprint density at radius 3 is 2.83 bits per heavy atom. The van der Waals surface area contributed by atoms with Gasteiger partial charge in [0.2, 0.25) is 5.91 Å². The zero-order valence-corrected chi connectivity index (χ0v) is 12.0. The quantitative estimate of drug-likeness (QED) is 0.876. The summed E-state index contributed by atoms with van der Waals surface area (Å²) in [6, 6.07) is 8.09. The minimum Gasteiger partial charge on any atom is -0.325 e. The number of carbonyl (C=O) groups is 1. The zero-order valence-electron chi connectivity index (χ0n) is 11.2. The van der Waals surface area contributed by atoms with Crippen molar-refractivity contribution in [3.8, 4) is 0 Å². The summed E-state index contributed by atoms with van der Waals surface area (Å²) in [6.07, 6.45) is 4.18. The predicted molar refractivity (Wildman–Crippen MR) is 78.0 cm³/mol. The Kier molecular flexibility index (Phi) is 4.33. The molecular weight excluding hydrogens is 242 g/mol. The summed E-state index contributed by atoms with van der Waals surface area (Å²) >= 11 is 1.81. The molecule has 0 bridgehead atoms.